The zero-order valence-corrected chi connectivity index (χ0v) is 15.8. The quantitative estimate of drug-likeness (QED) is 0.400. The molecule has 26 heavy (non-hydrogen) atoms. The third kappa shape index (κ3) is 4.49. The summed E-state index contributed by atoms with van der Waals surface area (Å²) in [5.74, 6) is 1.23. The van der Waals surface area contributed by atoms with Gasteiger partial charge in [-0.25, -0.2) is 0 Å². The highest BCUT2D eigenvalue weighted by Gasteiger charge is 2.12. The molecule has 0 spiro atoms. The van der Waals surface area contributed by atoms with Gasteiger partial charge in [0.05, 0.1) is 10.0 Å². The van der Waals surface area contributed by atoms with E-state index in [0.717, 1.165) is 0 Å². The topological polar surface area (TPSA) is 57.3 Å². The lowest BCUT2D eigenvalue weighted by Crippen LogP contribution is -1.98. The van der Waals surface area contributed by atoms with Gasteiger partial charge in [-0.05, 0) is 36.4 Å². The minimum absolute atomic E-state index is 0.175. The summed E-state index contributed by atoms with van der Waals surface area (Å²) in [6.07, 6.45) is 4.46. The van der Waals surface area contributed by atoms with E-state index in [1.165, 1.54) is 10.8 Å². The van der Waals surface area contributed by atoms with E-state index in [2.05, 4.69) is 5.10 Å². The Morgan fingerprint density at radius 3 is 2.77 bits per heavy atom. The summed E-state index contributed by atoms with van der Waals surface area (Å²) in [5, 5.41) is 5.30. The summed E-state index contributed by atoms with van der Waals surface area (Å²) < 4.78 is 12.7. The van der Waals surface area contributed by atoms with Gasteiger partial charge in [0.25, 0.3) is 0 Å². The molecule has 1 aromatic carbocycles. The molecule has 0 bridgehead atoms. The number of hydrogen-bond acceptors (Lipinski definition) is 4. The van der Waals surface area contributed by atoms with Crippen molar-refractivity contribution in [3.63, 3.8) is 0 Å². The molecular formula is C18H13Cl3N2O3. The van der Waals surface area contributed by atoms with E-state index >= 15 is 0 Å². The second-order valence-corrected chi connectivity index (χ2v) is 6.62. The molecule has 0 fully saturated rings. The fraction of sp³-hybridized carbons (Fsp3) is 0.111. The number of benzene rings is 1. The third-order valence-corrected chi connectivity index (χ3v) is 4.19. The summed E-state index contributed by atoms with van der Waals surface area (Å²) in [4.78, 5) is 12.1. The number of allylic oxidation sites excluding steroid dienone is 1. The van der Waals surface area contributed by atoms with E-state index in [4.69, 9.17) is 44.0 Å². The zero-order chi connectivity index (χ0) is 18.7. The van der Waals surface area contributed by atoms with Gasteiger partial charge in [0.2, 0.25) is 5.78 Å². The first-order valence-electron chi connectivity index (χ1n) is 7.50. The average Bonchev–Trinajstić information content (AvgIpc) is 3.19. The number of rotatable bonds is 6. The van der Waals surface area contributed by atoms with Crippen LogP contribution in [-0.4, -0.2) is 15.6 Å². The van der Waals surface area contributed by atoms with Gasteiger partial charge in [-0.2, -0.15) is 5.10 Å². The minimum atomic E-state index is -0.310. The Balaban J connectivity index is 1.63. The van der Waals surface area contributed by atoms with Crippen molar-refractivity contribution >= 4 is 46.7 Å². The van der Waals surface area contributed by atoms with Gasteiger partial charge in [0.15, 0.2) is 5.69 Å². The van der Waals surface area contributed by atoms with Crippen molar-refractivity contribution < 1.29 is 13.9 Å². The van der Waals surface area contributed by atoms with Crippen LogP contribution in [0.1, 0.15) is 22.0 Å². The molecule has 0 unspecified atom stereocenters. The Labute approximate surface area is 164 Å². The van der Waals surface area contributed by atoms with Gasteiger partial charge in [0.1, 0.15) is 23.9 Å². The van der Waals surface area contributed by atoms with Crippen LogP contribution >= 0.6 is 34.8 Å². The number of nitrogens with zero attached hydrogens (tertiary/aromatic N) is 2. The molecule has 0 aliphatic heterocycles. The van der Waals surface area contributed by atoms with Crippen molar-refractivity contribution in [3.8, 4) is 5.75 Å². The molecule has 0 atom stereocenters. The van der Waals surface area contributed by atoms with Crippen LogP contribution < -0.4 is 4.74 Å². The van der Waals surface area contributed by atoms with Crippen molar-refractivity contribution in [2.75, 3.05) is 0 Å². The predicted molar refractivity (Wildman–Crippen MR) is 101 cm³/mol. The van der Waals surface area contributed by atoms with Crippen LogP contribution in [-0.2, 0) is 13.7 Å². The number of carbonyl (C=O) groups is 1. The molecule has 2 heterocycles. The molecule has 3 aromatic rings. The lowest BCUT2D eigenvalue weighted by Gasteiger charge is -2.06. The highest BCUT2D eigenvalue weighted by molar-refractivity contribution is 6.34. The normalized spacial score (nSPS) is 11.2. The first-order valence-corrected chi connectivity index (χ1v) is 8.64. The van der Waals surface area contributed by atoms with Crippen molar-refractivity contribution in [2.45, 2.75) is 6.61 Å². The summed E-state index contributed by atoms with van der Waals surface area (Å²) in [5.41, 5.74) is 0.191. The third-order valence-electron chi connectivity index (χ3n) is 3.36. The Kier molecular flexibility index (Phi) is 5.71. The maximum Gasteiger partial charge on any atom is 0.207 e. The first-order chi connectivity index (χ1) is 12.4. The molecule has 0 amide bonds. The number of hydrogen-bond donors (Lipinski definition) is 0. The van der Waals surface area contributed by atoms with Crippen molar-refractivity contribution in [1.29, 1.82) is 0 Å². The molecular weight excluding hydrogens is 399 g/mol. The maximum absolute atomic E-state index is 12.1. The number of aromatic nitrogens is 2. The van der Waals surface area contributed by atoms with E-state index in [1.807, 2.05) is 0 Å². The van der Waals surface area contributed by atoms with Crippen LogP contribution in [0.4, 0.5) is 0 Å². The fourth-order valence-corrected chi connectivity index (χ4v) is 2.77. The molecule has 2 aromatic heterocycles. The second kappa shape index (κ2) is 7.99. The Morgan fingerprint density at radius 1 is 1.23 bits per heavy atom. The minimum Gasteiger partial charge on any atom is -0.484 e. The summed E-state index contributed by atoms with van der Waals surface area (Å²) in [6, 6.07) is 8.43. The van der Waals surface area contributed by atoms with Gasteiger partial charge < -0.3 is 9.15 Å². The van der Waals surface area contributed by atoms with Gasteiger partial charge in [-0.15, -0.1) is 0 Å². The van der Waals surface area contributed by atoms with Crippen molar-refractivity contribution in [2.24, 2.45) is 7.05 Å². The molecule has 0 aliphatic carbocycles. The standard InChI is InChI=1S/C18H13Cl3N2O3/c1-23-9-15(21)18(22-23)16(24)7-5-12-3-4-13(26-12)10-25-17-8-11(19)2-6-14(17)20/h2-9H,10H2,1H3/b7-5+. The van der Waals surface area contributed by atoms with Gasteiger partial charge in [-0.1, -0.05) is 34.8 Å². The van der Waals surface area contributed by atoms with E-state index in [0.29, 0.717) is 32.3 Å². The number of ether oxygens (including phenoxy) is 1. The highest BCUT2D eigenvalue weighted by atomic mass is 35.5. The molecule has 3 rings (SSSR count). The average molecular weight is 412 g/mol. The maximum atomic E-state index is 12.1. The predicted octanol–water partition coefficient (Wildman–Crippen LogP) is 5.45. The Hall–Kier alpha value is -2.21. The number of furan rings is 1. The summed E-state index contributed by atoms with van der Waals surface area (Å²) in [6.45, 7) is 0.175. The van der Waals surface area contributed by atoms with E-state index < -0.39 is 0 Å². The lowest BCUT2D eigenvalue weighted by atomic mass is 10.2. The SMILES string of the molecule is Cn1cc(Cl)c(C(=O)/C=C/c2ccc(COc3cc(Cl)ccc3Cl)o2)n1. The van der Waals surface area contributed by atoms with Crippen LogP contribution in [0.15, 0.2) is 47.0 Å². The summed E-state index contributed by atoms with van der Waals surface area (Å²) in [7, 11) is 1.69. The summed E-state index contributed by atoms with van der Waals surface area (Å²) >= 11 is 17.9. The number of carbonyl (C=O) groups excluding carboxylic acids is 1. The van der Waals surface area contributed by atoms with E-state index in [1.54, 1.807) is 49.7 Å². The largest absolute Gasteiger partial charge is 0.484 e. The first kappa shape index (κ1) is 18.6. The van der Waals surface area contributed by atoms with Crippen LogP contribution in [0.5, 0.6) is 5.75 Å². The molecule has 0 aliphatic rings. The molecule has 0 saturated heterocycles. The van der Waals surface area contributed by atoms with Gasteiger partial charge >= 0.3 is 0 Å². The van der Waals surface area contributed by atoms with E-state index in [9.17, 15) is 4.79 Å². The van der Waals surface area contributed by atoms with Crippen LogP contribution in [0.3, 0.4) is 0 Å². The molecule has 0 N–H and O–H groups in total. The molecule has 5 nitrogen and oxygen atoms in total. The van der Waals surface area contributed by atoms with E-state index in [-0.39, 0.29) is 18.1 Å². The molecule has 8 heteroatoms. The van der Waals surface area contributed by atoms with Gasteiger partial charge in [0, 0.05) is 24.3 Å². The lowest BCUT2D eigenvalue weighted by molar-refractivity contribution is 0.104. The number of halogens is 3. The van der Waals surface area contributed by atoms with Crippen LogP contribution in [0.2, 0.25) is 15.1 Å². The Morgan fingerprint density at radius 2 is 2.04 bits per heavy atom. The van der Waals surface area contributed by atoms with Gasteiger partial charge in [-0.3, -0.25) is 9.48 Å². The molecule has 0 saturated carbocycles. The van der Waals surface area contributed by atoms with Crippen LogP contribution in [0, 0.1) is 0 Å². The Bertz CT molecular complexity index is 976. The fourth-order valence-electron chi connectivity index (χ4n) is 2.16. The van der Waals surface area contributed by atoms with Crippen molar-refractivity contribution in [3.05, 3.63) is 74.9 Å². The molecule has 0 radical (unpaired) electrons. The molecule has 134 valence electrons. The zero-order valence-electron chi connectivity index (χ0n) is 13.6. The smallest absolute Gasteiger partial charge is 0.207 e. The number of aryl methyl sites for hydroxylation is 1. The van der Waals surface area contributed by atoms with Crippen LogP contribution in [0.25, 0.3) is 6.08 Å². The second-order valence-electron chi connectivity index (χ2n) is 5.36. The highest BCUT2D eigenvalue weighted by Crippen LogP contribution is 2.28. The van der Waals surface area contributed by atoms with Crippen molar-refractivity contribution in [1.82, 2.24) is 9.78 Å². The monoisotopic (exact) mass is 410 g/mol. The number of ketones is 1.